The second kappa shape index (κ2) is 9.00. The second-order valence-electron chi connectivity index (χ2n) is 3.06. The Labute approximate surface area is 91.8 Å². The van der Waals surface area contributed by atoms with Crippen LogP contribution >= 0.6 is 12.4 Å². The third-order valence-electron chi connectivity index (χ3n) is 1.95. The van der Waals surface area contributed by atoms with Crippen molar-refractivity contribution in [1.29, 1.82) is 0 Å². The van der Waals surface area contributed by atoms with E-state index in [1.165, 1.54) is 5.56 Å². The average molecular weight is 216 g/mol. The van der Waals surface area contributed by atoms with Crippen molar-refractivity contribution < 1.29 is 5.11 Å². The van der Waals surface area contributed by atoms with Crippen LogP contribution in [0.3, 0.4) is 0 Å². The van der Waals surface area contributed by atoms with Gasteiger partial charge >= 0.3 is 0 Å². The largest absolute Gasteiger partial charge is 0.395 e. The van der Waals surface area contributed by atoms with Gasteiger partial charge in [0.1, 0.15) is 0 Å². The standard InChI is InChI=1S/C11H17NO.ClH/c13-10-9-12-8-4-7-11-5-2-1-3-6-11;/h1-3,5-6,12-13H,4,7-10H2;1H. The number of rotatable bonds is 6. The summed E-state index contributed by atoms with van der Waals surface area (Å²) in [5.41, 5.74) is 1.38. The van der Waals surface area contributed by atoms with Crippen molar-refractivity contribution in [2.75, 3.05) is 19.7 Å². The Kier molecular flexibility index (Phi) is 8.64. The number of hydrogen-bond donors (Lipinski definition) is 2. The van der Waals surface area contributed by atoms with Gasteiger partial charge in [0.15, 0.2) is 0 Å². The van der Waals surface area contributed by atoms with Crippen LogP contribution in [0.4, 0.5) is 0 Å². The predicted octanol–water partition coefficient (Wildman–Crippen LogP) is 1.62. The fraction of sp³-hybridized carbons (Fsp3) is 0.455. The molecule has 0 saturated heterocycles. The molecule has 2 N–H and O–H groups in total. The zero-order valence-corrected chi connectivity index (χ0v) is 9.09. The van der Waals surface area contributed by atoms with Gasteiger partial charge in [-0.2, -0.15) is 0 Å². The molecule has 2 nitrogen and oxygen atoms in total. The maximum atomic E-state index is 8.52. The predicted molar refractivity (Wildman–Crippen MR) is 62.0 cm³/mol. The Morgan fingerprint density at radius 2 is 1.79 bits per heavy atom. The van der Waals surface area contributed by atoms with Crippen molar-refractivity contribution in [2.45, 2.75) is 12.8 Å². The third-order valence-corrected chi connectivity index (χ3v) is 1.95. The van der Waals surface area contributed by atoms with Crippen LogP contribution in [0, 0.1) is 0 Å². The lowest BCUT2D eigenvalue weighted by Crippen LogP contribution is -2.19. The Morgan fingerprint density at radius 3 is 2.43 bits per heavy atom. The average Bonchev–Trinajstić information content (AvgIpc) is 2.19. The summed E-state index contributed by atoms with van der Waals surface area (Å²) in [6, 6.07) is 10.5. The van der Waals surface area contributed by atoms with Gasteiger partial charge in [0.05, 0.1) is 6.61 Å². The minimum Gasteiger partial charge on any atom is -0.395 e. The highest BCUT2D eigenvalue weighted by molar-refractivity contribution is 5.85. The highest BCUT2D eigenvalue weighted by Gasteiger charge is 1.90. The maximum Gasteiger partial charge on any atom is 0.0555 e. The van der Waals surface area contributed by atoms with Crippen LogP contribution in [0.1, 0.15) is 12.0 Å². The van der Waals surface area contributed by atoms with Crippen LogP contribution in [0.2, 0.25) is 0 Å². The van der Waals surface area contributed by atoms with Crippen LogP contribution in [0.15, 0.2) is 30.3 Å². The van der Waals surface area contributed by atoms with Crippen molar-refractivity contribution in [3.05, 3.63) is 35.9 Å². The van der Waals surface area contributed by atoms with Crippen LogP contribution in [-0.2, 0) is 6.42 Å². The Hall–Kier alpha value is -0.570. The Balaban J connectivity index is 0.00000169. The van der Waals surface area contributed by atoms with Crippen LogP contribution in [-0.4, -0.2) is 24.8 Å². The summed E-state index contributed by atoms with van der Waals surface area (Å²) < 4.78 is 0. The normalized spacial score (nSPS) is 9.50. The van der Waals surface area contributed by atoms with E-state index in [0.29, 0.717) is 6.54 Å². The molecule has 14 heavy (non-hydrogen) atoms. The number of aryl methyl sites for hydroxylation is 1. The van der Waals surface area contributed by atoms with Crippen LogP contribution in [0.5, 0.6) is 0 Å². The van der Waals surface area contributed by atoms with Gasteiger partial charge in [-0.15, -0.1) is 12.4 Å². The Bertz CT molecular complexity index is 216. The summed E-state index contributed by atoms with van der Waals surface area (Å²) in [7, 11) is 0. The first kappa shape index (κ1) is 13.4. The molecule has 3 heteroatoms. The lowest BCUT2D eigenvalue weighted by atomic mass is 10.1. The van der Waals surface area contributed by atoms with Gasteiger partial charge in [0.25, 0.3) is 0 Å². The van der Waals surface area contributed by atoms with Crippen molar-refractivity contribution in [3.63, 3.8) is 0 Å². The van der Waals surface area contributed by atoms with E-state index in [4.69, 9.17) is 5.11 Å². The lowest BCUT2D eigenvalue weighted by Gasteiger charge is -2.02. The summed E-state index contributed by atoms with van der Waals surface area (Å²) in [5.74, 6) is 0. The van der Waals surface area contributed by atoms with E-state index in [9.17, 15) is 0 Å². The highest BCUT2D eigenvalue weighted by Crippen LogP contribution is 2.00. The molecule has 0 aromatic heterocycles. The molecule has 0 aliphatic carbocycles. The lowest BCUT2D eigenvalue weighted by molar-refractivity contribution is 0.292. The van der Waals surface area contributed by atoms with E-state index in [2.05, 4.69) is 29.6 Å². The number of halogens is 1. The van der Waals surface area contributed by atoms with Gasteiger partial charge in [-0.25, -0.2) is 0 Å². The number of aliphatic hydroxyl groups excluding tert-OH is 1. The van der Waals surface area contributed by atoms with Crippen LogP contribution in [0.25, 0.3) is 0 Å². The highest BCUT2D eigenvalue weighted by atomic mass is 35.5. The molecular formula is C11H18ClNO. The van der Waals surface area contributed by atoms with Crippen molar-refractivity contribution >= 4 is 12.4 Å². The number of hydrogen-bond acceptors (Lipinski definition) is 2. The van der Waals surface area contributed by atoms with Crippen molar-refractivity contribution in [1.82, 2.24) is 5.32 Å². The zero-order valence-electron chi connectivity index (χ0n) is 8.28. The molecule has 0 saturated carbocycles. The topological polar surface area (TPSA) is 32.3 Å². The smallest absolute Gasteiger partial charge is 0.0555 e. The molecule has 0 aliphatic heterocycles. The van der Waals surface area contributed by atoms with Crippen molar-refractivity contribution in [2.24, 2.45) is 0 Å². The number of aliphatic hydroxyl groups is 1. The fourth-order valence-corrected chi connectivity index (χ4v) is 1.27. The second-order valence-corrected chi connectivity index (χ2v) is 3.06. The first-order valence-electron chi connectivity index (χ1n) is 4.79. The summed E-state index contributed by atoms with van der Waals surface area (Å²) in [5, 5.41) is 11.7. The van der Waals surface area contributed by atoms with E-state index < -0.39 is 0 Å². The minimum atomic E-state index is 0. The summed E-state index contributed by atoms with van der Waals surface area (Å²) in [6.45, 7) is 1.91. The van der Waals surface area contributed by atoms with E-state index in [-0.39, 0.29) is 19.0 Å². The molecule has 0 radical (unpaired) electrons. The molecule has 0 aliphatic rings. The fourth-order valence-electron chi connectivity index (χ4n) is 1.27. The van der Waals surface area contributed by atoms with Gasteiger partial charge < -0.3 is 10.4 Å². The van der Waals surface area contributed by atoms with Gasteiger partial charge in [-0.05, 0) is 24.9 Å². The molecule has 1 rings (SSSR count). The third kappa shape index (κ3) is 5.97. The molecule has 0 unspecified atom stereocenters. The van der Waals surface area contributed by atoms with E-state index in [1.54, 1.807) is 0 Å². The molecule has 0 amide bonds. The van der Waals surface area contributed by atoms with Gasteiger partial charge in [0.2, 0.25) is 0 Å². The first-order valence-corrected chi connectivity index (χ1v) is 4.79. The number of nitrogens with one attached hydrogen (secondary N) is 1. The van der Waals surface area contributed by atoms with Gasteiger partial charge in [-0.1, -0.05) is 30.3 Å². The molecule has 1 aromatic rings. The Morgan fingerprint density at radius 1 is 1.07 bits per heavy atom. The molecule has 80 valence electrons. The summed E-state index contributed by atoms with van der Waals surface area (Å²) >= 11 is 0. The summed E-state index contributed by atoms with van der Waals surface area (Å²) in [4.78, 5) is 0. The van der Waals surface area contributed by atoms with Gasteiger partial charge in [0, 0.05) is 6.54 Å². The monoisotopic (exact) mass is 215 g/mol. The molecule has 0 bridgehead atoms. The van der Waals surface area contributed by atoms with Gasteiger partial charge in [-0.3, -0.25) is 0 Å². The number of benzene rings is 1. The molecule has 0 heterocycles. The van der Waals surface area contributed by atoms with Crippen molar-refractivity contribution in [3.8, 4) is 0 Å². The molecule has 0 atom stereocenters. The van der Waals surface area contributed by atoms with E-state index in [1.807, 2.05) is 6.07 Å². The van der Waals surface area contributed by atoms with Crippen LogP contribution < -0.4 is 5.32 Å². The van der Waals surface area contributed by atoms with E-state index in [0.717, 1.165) is 19.4 Å². The molecule has 1 aromatic carbocycles. The zero-order chi connectivity index (χ0) is 9.36. The SMILES string of the molecule is Cl.OCCNCCCc1ccccc1. The maximum absolute atomic E-state index is 8.52. The molecule has 0 fully saturated rings. The summed E-state index contributed by atoms with van der Waals surface area (Å²) in [6.07, 6.45) is 2.24. The quantitative estimate of drug-likeness (QED) is 0.707. The first-order chi connectivity index (χ1) is 6.43. The molecule has 0 spiro atoms. The van der Waals surface area contributed by atoms with E-state index >= 15 is 0 Å². The molecular weight excluding hydrogens is 198 g/mol. The minimum absolute atomic E-state index is 0.